The van der Waals surface area contributed by atoms with Crippen LogP contribution in [0.4, 0.5) is 0 Å². The number of carbonyl (C=O) groups excluding carboxylic acids is 2. The molecule has 4 rings (SSSR count). The third-order valence-corrected chi connectivity index (χ3v) is 6.73. The van der Waals surface area contributed by atoms with E-state index in [1.807, 2.05) is 12.1 Å². The van der Waals surface area contributed by atoms with Gasteiger partial charge in [0.25, 0.3) is 0 Å². The Bertz CT molecular complexity index is 713. The molecule has 1 aromatic rings. The zero-order valence-electron chi connectivity index (χ0n) is 17.4. The average Bonchev–Trinajstić information content (AvgIpc) is 2.87. The van der Waals surface area contributed by atoms with Crippen LogP contribution >= 0.6 is 0 Å². The summed E-state index contributed by atoms with van der Waals surface area (Å²) in [6.45, 7) is 2.51. The van der Waals surface area contributed by atoms with E-state index in [-0.39, 0.29) is 29.9 Å². The van der Waals surface area contributed by atoms with Crippen molar-refractivity contribution in [3.8, 4) is 5.75 Å². The molecule has 6 heteroatoms. The summed E-state index contributed by atoms with van der Waals surface area (Å²) in [5.41, 5.74) is 1.12. The minimum absolute atomic E-state index is 0.00813. The van der Waals surface area contributed by atoms with Crippen molar-refractivity contribution in [2.75, 3.05) is 26.7 Å². The number of rotatable bonds is 4. The molecule has 0 spiro atoms. The van der Waals surface area contributed by atoms with E-state index >= 15 is 0 Å². The van der Waals surface area contributed by atoms with Gasteiger partial charge < -0.3 is 15.0 Å². The van der Waals surface area contributed by atoms with Gasteiger partial charge in [-0.25, -0.2) is 0 Å². The Morgan fingerprint density at radius 3 is 2.52 bits per heavy atom. The van der Waals surface area contributed by atoms with Gasteiger partial charge in [0.1, 0.15) is 5.75 Å². The zero-order chi connectivity index (χ0) is 20.2. The number of nitrogens with one attached hydrogen (secondary N) is 1. The van der Waals surface area contributed by atoms with Crippen LogP contribution in [-0.2, 0) is 9.59 Å². The topological polar surface area (TPSA) is 61.9 Å². The second-order valence-electron chi connectivity index (χ2n) is 8.65. The molecule has 1 aromatic carbocycles. The van der Waals surface area contributed by atoms with Crippen LogP contribution in [0.1, 0.15) is 63.0 Å². The van der Waals surface area contributed by atoms with E-state index in [9.17, 15) is 9.59 Å². The highest BCUT2D eigenvalue weighted by atomic mass is 16.5. The van der Waals surface area contributed by atoms with Crippen LogP contribution in [-0.4, -0.2) is 60.4 Å². The highest BCUT2D eigenvalue weighted by molar-refractivity contribution is 5.81. The smallest absolute Gasteiger partial charge is 0.237 e. The summed E-state index contributed by atoms with van der Waals surface area (Å²) in [6, 6.07) is 8.18. The van der Waals surface area contributed by atoms with Crippen LogP contribution in [0.2, 0.25) is 0 Å². The maximum absolute atomic E-state index is 13.5. The van der Waals surface area contributed by atoms with Crippen LogP contribution in [0, 0.1) is 0 Å². The standard InChI is InChI=1S/C23H33N3O3/c1-29-18-11-9-17(10-12-18)21-15-19-20(7-6-8-22(27)24-19)26(21)23(28)16-25-13-4-2-3-5-14-25/h9-12,19-21H,2-8,13-16H2,1H3,(H,24,27)/t19-,20+,21+/m1/s1. The SMILES string of the molecule is COc1ccc([C@@H]2C[C@H]3NC(=O)CCC[C@@H]3N2C(=O)CN2CCCCCC2)cc1. The van der Waals surface area contributed by atoms with Crippen molar-refractivity contribution in [2.45, 2.75) is 69.5 Å². The number of carbonyl (C=O) groups is 2. The van der Waals surface area contributed by atoms with Crippen LogP contribution in [0.3, 0.4) is 0 Å². The summed E-state index contributed by atoms with van der Waals surface area (Å²) in [6.07, 6.45) is 7.97. The number of methoxy groups -OCH3 is 1. The molecule has 3 aliphatic heterocycles. The van der Waals surface area contributed by atoms with Gasteiger partial charge in [0.15, 0.2) is 0 Å². The maximum Gasteiger partial charge on any atom is 0.237 e. The van der Waals surface area contributed by atoms with Crippen LogP contribution in [0.15, 0.2) is 24.3 Å². The quantitative estimate of drug-likeness (QED) is 0.846. The number of ether oxygens (including phenoxy) is 1. The Morgan fingerprint density at radius 2 is 1.83 bits per heavy atom. The molecule has 3 aliphatic rings. The first-order valence-electron chi connectivity index (χ1n) is 11.1. The Hall–Kier alpha value is -2.08. The number of likely N-dealkylation sites (tertiary alicyclic amines) is 2. The largest absolute Gasteiger partial charge is 0.497 e. The maximum atomic E-state index is 13.5. The number of nitrogens with zero attached hydrogens (tertiary/aromatic N) is 2. The van der Waals surface area contributed by atoms with Crippen molar-refractivity contribution in [3.63, 3.8) is 0 Å². The highest BCUT2D eigenvalue weighted by Crippen LogP contribution is 2.40. The Morgan fingerprint density at radius 1 is 1.10 bits per heavy atom. The minimum atomic E-state index is 0.00813. The summed E-state index contributed by atoms with van der Waals surface area (Å²) in [5, 5.41) is 3.19. The number of benzene rings is 1. The predicted octanol–water partition coefficient (Wildman–Crippen LogP) is 2.88. The molecule has 3 heterocycles. The van der Waals surface area contributed by atoms with Gasteiger partial charge in [-0.15, -0.1) is 0 Å². The van der Waals surface area contributed by atoms with Crippen LogP contribution in [0.25, 0.3) is 0 Å². The zero-order valence-corrected chi connectivity index (χ0v) is 17.4. The molecule has 0 aliphatic carbocycles. The van der Waals surface area contributed by atoms with E-state index in [1.165, 1.54) is 25.7 Å². The number of hydrogen-bond acceptors (Lipinski definition) is 4. The Kier molecular flexibility index (Phi) is 6.38. The summed E-state index contributed by atoms with van der Waals surface area (Å²) in [5.74, 6) is 1.14. The second-order valence-corrected chi connectivity index (χ2v) is 8.65. The lowest BCUT2D eigenvalue weighted by atomic mass is 10.0. The van der Waals surface area contributed by atoms with Gasteiger partial charge in [0.05, 0.1) is 31.8 Å². The second kappa shape index (κ2) is 9.16. The number of hydrogen-bond donors (Lipinski definition) is 1. The van der Waals surface area contributed by atoms with Gasteiger partial charge in [-0.3, -0.25) is 14.5 Å². The van der Waals surface area contributed by atoms with Gasteiger partial charge >= 0.3 is 0 Å². The van der Waals surface area contributed by atoms with E-state index in [0.717, 1.165) is 43.7 Å². The fraction of sp³-hybridized carbons (Fsp3) is 0.652. The predicted molar refractivity (Wildman–Crippen MR) is 112 cm³/mol. The lowest BCUT2D eigenvalue weighted by Crippen LogP contribution is -2.48. The van der Waals surface area contributed by atoms with Crippen molar-refractivity contribution in [3.05, 3.63) is 29.8 Å². The lowest BCUT2D eigenvalue weighted by molar-refractivity contribution is -0.136. The van der Waals surface area contributed by atoms with Crippen molar-refractivity contribution in [1.82, 2.24) is 15.1 Å². The lowest BCUT2D eigenvalue weighted by Gasteiger charge is -2.33. The molecule has 6 nitrogen and oxygen atoms in total. The Balaban J connectivity index is 1.57. The summed E-state index contributed by atoms with van der Waals surface area (Å²) < 4.78 is 5.30. The molecule has 3 atom stereocenters. The molecule has 158 valence electrons. The fourth-order valence-electron chi connectivity index (χ4n) is 5.23. The highest BCUT2D eigenvalue weighted by Gasteiger charge is 2.45. The first kappa shape index (κ1) is 20.2. The molecule has 0 saturated carbocycles. The van der Waals surface area contributed by atoms with Crippen molar-refractivity contribution < 1.29 is 14.3 Å². The summed E-state index contributed by atoms with van der Waals surface area (Å²) >= 11 is 0. The van der Waals surface area contributed by atoms with Crippen molar-refractivity contribution >= 4 is 11.8 Å². The molecule has 2 amide bonds. The van der Waals surface area contributed by atoms with Gasteiger partial charge in [0.2, 0.25) is 11.8 Å². The molecule has 0 unspecified atom stereocenters. The van der Waals surface area contributed by atoms with Crippen LogP contribution in [0.5, 0.6) is 5.75 Å². The molecule has 0 bridgehead atoms. The monoisotopic (exact) mass is 399 g/mol. The van der Waals surface area contributed by atoms with Crippen LogP contribution < -0.4 is 10.1 Å². The molecule has 0 radical (unpaired) electrons. The van der Waals surface area contributed by atoms with Crippen molar-refractivity contribution in [2.24, 2.45) is 0 Å². The molecular formula is C23H33N3O3. The molecular weight excluding hydrogens is 366 g/mol. The minimum Gasteiger partial charge on any atom is -0.497 e. The third kappa shape index (κ3) is 4.58. The van der Waals surface area contributed by atoms with Gasteiger partial charge in [0, 0.05) is 6.42 Å². The van der Waals surface area contributed by atoms with E-state index in [2.05, 4.69) is 27.2 Å². The molecule has 3 fully saturated rings. The first-order valence-corrected chi connectivity index (χ1v) is 11.1. The summed E-state index contributed by atoms with van der Waals surface area (Å²) in [7, 11) is 1.66. The first-order chi connectivity index (χ1) is 14.2. The van der Waals surface area contributed by atoms with Crippen molar-refractivity contribution in [1.29, 1.82) is 0 Å². The van der Waals surface area contributed by atoms with Gasteiger partial charge in [-0.2, -0.15) is 0 Å². The molecule has 29 heavy (non-hydrogen) atoms. The normalized spacial score (nSPS) is 28.2. The fourth-order valence-corrected chi connectivity index (χ4v) is 5.23. The average molecular weight is 400 g/mol. The molecule has 3 saturated heterocycles. The van der Waals surface area contributed by atoms with E-state index in [0.29, 0.717) is 13.0 Å². The van der Waals surface area contributed by atoms with E-state index in [4.69, 9.17) is 4.74 Å². The number of amides is 2. The molecule has 1 N–H and O–H groups in total. The summed E-state index contributed by atoms with van der Waals surface area (Å²) in [4.78, 5) is 30.1. The third-order valence-electron chi connectivity index (χ3n) is 6.73. The number of fused-ring (bicyclic) bond motifs is 1. The van der Waals surface area contributed by atoms with E-state index < -0.39 is 0 Å². The van der Waals surface area contributed by atoms with Gasteiger partial charge in [-0.05, 0) is 62.9 Å². The Labute approximate surface area is 173 Å². The molecule has 0 aromatic heterocycles. The van der Waals surface area contributed by atoms with Gasteiger partial charge in [-0.1, -0.05) is 25.0 Å². The van der Waals surface area contributed by atoms with E-state index in [1.54, 1.807) is 7.11 Å².